The van der Waals surface area contributed by atoms with Crippen molar-refractivity contribution in [1.82, 2.24) is 14.3 Å². The summed E-state index contributed by atoms with van der Waals surface area (Å²) in [6.45, 7) is 3.88. The van der Waals surface area contributed by atoms with E-state index in [2.05, 4.69) is 16.9 Å². The molecule has 1 aromatic carbocycles. The molecule has 1 aliphatic rings. The number of nitrogen functional groups attached to an aromatic ring is 1. The minimum Gasteiger partial charge on any atom is -0.368 e. The van der Waals surface area contributed by atoms with Crippen LogP contribution in [0.25, 0.3) is 0 Å². The van der Waals surface area contributed by atoms with Crippen molar-refractivity contribution in [3.05, 3.63) is 41.0 Å². The average molecular weight is 396 g/mol. The molecule has 7 nitrogen and oxygen atoms in total. The second kappa shape index (κ2) is 7.77. The van der Waals surface area contributed by atoms with Crippen molar-refractivity contribution < 1.29 is 8.42 Å². The highest BCUT2D eigenvalue weighted by Gasteiger charge is 2.29. The van der Waals surface area contributed by atoms with E-state index < -0.39 is 10.0 Å². The summed E-state index contributed by atoms with van der Waals surface area (Å²) in [6.07, 6.45) is 1.98. The van der Waals surface area contributed by atoms with Gasteiger partial charge in [-0.15, -0.1) is 0 Å². The quantitative estimate of drug-likeness (QED) is 0.780. The smallest absolute Gasteiger partial charge is 0.243 e. The predicted molar refractivity (Wildman–Crippen MR) is 103 cm³/mol. The van der Waals surface area contributed by atoms with Crippen LogP contribution in [0.1, 0.15) is 18.9 Å². The van der Waals surface area contributed by atoms with Gasteiger partial charge in [-0.05, 0) is 24.1 Å². The van der Waals surface area contributed by atoms with E-state index in [0.717, 1.165) is 18.4 Å². The molecule has 0 saturated carbocycles. The third-order valence-corrected chi connectivity index (χ3v) is 6.47. The summed E-state index contributed by atoms with van der Waals surface area (Å²) in [5.41, 5.74) is 6.78. The molecule has 0 atom stereocenters. The maximum Gasteiger partial charge on any atom is 0.243 e. The zero-order valence-corrected chi connectivity index (χ0v) is 16.2. The highest BCUT2D eigenvalue weighted by molar-refractivity contribution is 7.89. The number of hydrogen-bond acceptors (Lipinski definition) is 6. The largest absolute Gasteiger partial charge is 0.368 e. The van der Waals surface area contributed by atoms with Crippen LogP contribution in [0, 0.1) is 0 Å². The first-order valence-electron chi connectivity index (χ1n) is 8.54. The topological polar surface area (TPSA) is 92.4 Å². The summed E-state index contributed by atoms with van der Waals surface area (Å²) < 4.78 is 27.2. The number of nitrogens with two attached hydrogens (primary N) is 1. The van der Waals surface area contributed by atoms with Gasteiger partial charge in [0.25, 0.3) is 0 Å². The number of aryl methyl sites for hydroxylation is 1. The number of halogens is 1. The fourth-order valence-electron chi connectivity index (χ4n) is 3.01. The second-order valence-corrected chi connectivity index (χ2v) is 8.52. The molecule has 1 saturated heterocycles. The predicted octanol–water partition coefficient (Wildman–Crippen LogP) is 2.18. The van der Waals surface area contributed by atoms with Gasteiger partial charge >= 0.3 is 0 Å². The molecule has 3 rings (SSSR count). The Balaban J connectivity index is 1.70. The number of hydrogen-bond donors (Lipinski definition) is 1. The fraction of sp³-hybridized carbons (Fsp3) is 0.412. The highest BCUT2D eigenvalue weighted by atomic mass is 35.5. The van der Waals surface area contributed by atoms with E-state index in [4.69, 9.17) is 17.3 Å². The van der Waals surface area contributed by atoms with E-state index in [-0.39, 0.29) is 11.1 Å². The van der Waals surface area contributed by atoms with E-state index in [1.54, 1.807) is 18.2 Å². The van der Waals surface area contributed by atoms with Crippen molar-refractivity contribution in [2.75, 3.05) is 36.8 Å². The zero-order valence-electron chi connectivity index (χ0n) is 14.6. The molecule has 9 heteroatoms. The van der Waals surface area contributed by atoms with Crippen LogP contribution in [0.15, 0.2) is 35.2 Å². The minimum atomic E-state index is -3.49. The van der Waals surface area contributed by atoms with Gasteiger partial charge in [-0.25, -0.2) is 13.4 Å². The lowest BCUT2D eigenvalue weighted by Crippen LogP contribution is -2.49. The lowest BCUT2D eigenvalue weighted by atomic mass is 10.1. The maximum atomic E-state index is 12.8. The van der Waals surface area contributed by atoms with E-state index in [9.17, 15) is 8.42 Å². The Morgan fingerprint density at radius 2 is 1.77 bits per heavy atom. The Labute approximate surface area is 158 Å². The van der Waals surface area contributed by atoms with Gasteiger partial charge in [0.1, 0.15) is 11.0 Å². The average Bonchev–Trinajstić information content (AvgIpc) is 2.62. The van der Waals surface area contributed by atoms with Gasteiger partial charge in [-0.3, -0.25) is 0 Å². The Morgan fingerprint density at radius 3 is 2.35 bits per heavy atom. The third-order valence-electron chi connectivity index (χ3n) is 4.36. The second-order valence-electron chi connectivity index (χ2n) is 6.19. The first-order valence-corrected chi connectivity index (χ1v) is 10.4. The highest BCUT2D eigenvalue weighted by Crippen LogP contribution is 2.22. The standard InChI is InChI=1S/C17H22ClN5O2S/c1-2-3-13-4-6-14(7-5-13)26(24,25)23-10-8-22(9-11-23)16-12-15(18)20-17(19)21-16/h4-7,12H,2-3,8-11H2,1H3,(H2,19,20,21). The van der Waals surface area contributed by atoms with Crippen LogP contribution >= 0.6 is 11.6 Å². The molecule has 2 heterocycles. The summed E-state index contributed by atoms with van der Waals surface area (Å²) in [5.74, 6) is 0.721. The lowest BCUT2D eigenvalue weighted by molar-refractivity contribution is 0.384. The number of nitrogens with zero attached hydrogens (tertiary/aromatic N) is 4. The van der Waals surface area contributed by atoms with E-state index >= 15 is 0 Å². The van der Waals surface area contributed by atoms with Crippen molar-refractivity contribution >= 4 is 33.4 Å². The van der Waals surface area contributed by atoms with Gasteiger partial charge in [0.15, 0.2) is 0 Å². The Hall–Kier alpha value is -1.90. The minimum absolute atomic E-state index is 0.106. The van der Waals surface area contributed by atoms with Crippen molar-refractivity contribution in [1.29, 1.82) is 0 Å². The molecule has 0 unspecified atom stereocenters. The Morgan fingerprint density at radius 1 is 1.12 bits per heavy atom. The van der Waals surface area contributed by atoms with Crippen molar-refractivity contribution in [2.24, 2.45) is 0 Å². The molecule has 1 aliphatic heterocycles. The first kappa shape index (κ1) is 18.9. The van der Waals surface area contributed by atoms with Gasteiger partial charge < -0.3 is 10.6 Å². The Kier molecular flexibility index (Phi) is 5.64. The maximum absolute atomic E-state index is 12.8. The van der Waals surface area contributed by atoms with Crippen LogP contribution in [0.2, 0.25) is 5.15 Å². The molecule has 2 N–H and O–H groups in total. The molecule has 2 aromatic rings. The van der Waals surface area contributed by atoms with Crippen LogP contribution in [0.3, 0.4) is 0 Å². The van der Waals surface area contributed by atoms with E-state index in [1.807, 2.05) is 17.0 Å². The molecule has 0 amide bonds. The van der Waals surface area contributed by atoms with E-state index in [0.29, 0.717) is 36.9 Å². The molecular formula is C17H22ClN5O2S. The SMILES string of the molecule is CCCc1ccc(S(=O)(=O)N2CCN(c3cc(Cl)nc(N)n3)CC2)cc1. The number of benzene rings is 1. The zero-order chi connectivity index (χ0) is 18.7. The summed E-state index contributed by atoms with van der Waals surface area (Å²) in [7, 11) is -3.49. The summed E-state index contributed by atoms with van der Waals surface area (Å²) in [5, 5.41) is 0.273. The Bertz CT molecular complexity index is 845. The number of sulfonamides is 1. The molecular weight excluding hydrogens is 374 g/mol. The van der Waals surface area contributed by atoms with Crippen LogP contribution in [-0.2, 0) is 16.4 Å². The van der Waals surface area contributed by atoms with Gasteiger partial charge in [-0.2, -0.15) is 9.29 Å². The molecule has 0 bridgehead atoms. The monoisotopic (exact) mass is 395 g/mol. The van der Waals surface area contributed by atoms with Gasteiger partial charge in [-0.1, -0.05) is 37.1 Å². The van der Waals surface area contributed by atoms with Gasteiger partial charge in [0.2, 0.25) is 16.0 Å². The first-order chi connectivity index (χ1) is 12.4. The summed E-state index contributed by atoms with van der Waals surface area (Å²) >= 11 is 5.92. The fourth-order valence-corrected chi connectivity index (χ4v) is 4.61. The molecule has 26 heavy (non-hydrogen) atoms. The van der Waals surface area contributed by atoms with Gasteiger partial charge in [0.05, 0.1) is 4.90 Å². The molecule has 0 radical (unpaired) electrons. The molecule has 1 aromatic heterocycles. The van der Waals surface area contributed by atoms with Crippen molar-refractivity contribution in [3.8, 4) is 0 Å². The molecule has 0 aliphatic carbocycles. The van der Waals surface area contributed by atoms with Crippen LogP contribution in [0.4, 0.5) is 11.8 Å². The van der Waals surface area contributed by atoms with Crippen LogP contribution < -0.4 is 10.6 Å². The van der Waals surface area contributed by atoms with Crippen molar-refractivity contribution in [2.45, 2.75) is 24.7 Å². The van der Waals surface area contributed by atoms with E-state index in [1.165, 1.54) is 4.31 Å². The number of anilines is 2. The van der Waals surface area contributed by atoms with Crippen LogP contribution in [-0.4, -0.2) is 48.9 Å². The summed E-state index contributed by atoms with van der Waals surface area (Å²) in [4.78, 5) is 10.3. The number of aromatic nitrogens is 2. The molecule has 140 valence electrons. The lowest BCUT2D eigenvalue weighted by Gasteiger charge is -2.34. The molecule has 1 fully saturated rings. The van der Waals surface area contributed by atoms with Crippen LogP contribution in [0.5, 0.6) is 0 Å². The normalized spacial score (nSPS) is 16.0. The number of rotatable bonds is 5. The van der Waals surface area contributed by atoms with Gasteiger partial charge in [0, 0.05) is 32.2 Å². The summed E-state index contributed by atoms with van der Waals surface area (Å²) in [6, 6.07) is 8.79. The third kappa shape index (κ3) is 4.08. The van der Waals surface area contributed by atoms with Crippen molar-refractivity contribution in [3.63, 3.8) is 0 Å². The molecule has 0 spiro atoms. The number of piperazine rings is 1.